The zero-order valence-electron chi connectivity index (χ0n) is 12.3. The second-order valence-electron chi connectivity index (χ2n) is 4.93. The summed E-state index contributed by atoms with van der Waals surface area (Å²) in [6, 6.07) is 1.88. The summed E-state index contributed by atoms with van der Waals surface area (Å²) in [6.45, 7) is 7.88. The minimum atomic E-state index is 0.387. The summed E-state index contributed by atoms with van der Waals surface area (Å²) in [5.74, 6) is 7.65. The van der Waals surface area contributed by atoms with Crippen molar-refractivity contribution in [1.82, 2.24) is 14.9 Å². The minimum absolute atomic E-state index is 0.387. The maximum absolute atomic E-state index is 5.47. The molecule has 1 aliphatic rings. The van der Waals surface area contributed by atoms with Crippen LogP contribution in [0.2, 0.25) is 0 Å². The molecule has 1 aromatic rings. The molecule has 1 aromatic heterocycles. The van der Waals surface area contributed by atoms with E-state index in [0.29, 0.717) is 18.2 Å². The van der Waals surface area contributed by atoms with Crippen molar-refractivity contribution in [2.75, 3.05) is 50.2 Å². The van der Waals surface area contributed by atoms with Crippen LogP contribution in [0.4, 0.5) is 11.6 Å². The topological polar surface area (TPSA) is 79.5 Å². The van der Waals surface area contributed by atoms with Crippen LogP contribution in [0.3, 0.4) is 0 Å². The van der Waals surface area contributed by atoms with E-state index in [2.05, 4.69) is 32.1 Å². The predicted molar refractivity (Wildman–Crippen MR) is 79.5 cm³/mol. The van der Waals surface area contributed by atoms with Gasteiger partial charge >= 0.3 is 0 Å². The molecule has 1 saturated heterocycles. The molecule has 0 aliphatic carbocycles. The number of methoxy groups -OCH3 is 1. The number of nitrogens with one attached hydrogen (secondary N) is 1. The summed E-state index contributed by atoms with van der Waals surface area (Å²) in [6.07, 6.45) is 1.20. The standard InChI is InChI=1S/C13H24N6O/c1-3-4-18-5-7-19(8-6-18)13-9-11(17-14)15-12(16-13)10-20-2/h9H,3-8,10,14H2,1-2H3,(H,15,16,17). The number of nitrogens with zero attached hydrogens (tertiary/aromatic N) is 4. The van der Waals surface area contributed by atoms with Crippen LogP contribution in [-0.2, 0) is 11.3 Å². The number of hydrogen-bond donors (Lipinski definition) is 2. The second kappa shape index (κ2) is 7.37. The van der Waals surface area contributed by atoms with E-state index in [-0.39, 0.29) is 0 Å². The van der Waals surface area contributed by atoms with Gasteiger partial charge in [0.2, 0.25) is 0 Å². The highest BCUT2D eigenvalue weighted by Gasteiger charge is 2.18. The fraction of sp³-hybridized carbons (Fsp3) is 0.692. The Morgan fingerprint density at radius 3 is 2.65 bits per heavy atom. The molecule has 112 valence electrons. The van der Waals surface area contributed by atoms with Crippen LogP contribution in [0.5, 0.6) is 0 Å². The zero-order chi connectivity index (χ0) is 14.4. The summed E-state index contributed by atoms with van der Waals surface area (Å²) in [5, 5.41) is 0. The van der Waals surface area contributed by atoms with Crippen LogP contribution in [0.25, 0.3) is 0 Å². The molecule has 0 amide bonds. The number of nitrogen functional groups attached to an aromatic ring is 1. The fourth-order valence-electron chi connectivity index (χ4n) is 2.43. The van der Waals surface area contributed by atoms with Crippen LogP contribution in [0, 0.1) is 0 Å². The quantitative estimate of drug-likeness (QED) is 0.578. The molecule has 20 heavy (non-hydrogen) atoms. The molecule has 0 spiro atoms. The van der Waals surface area contributed by atoms with Crippen molar-refractivity contribution in [3.8, 4) is 0 Å². The van der Waals surface area contributed by atoms with E-state index in [1.54, 1.807) is 7.11 Å². The number of nitrogens with two attached hydrogens (primary N) is 1. The molecule has 0 aromatic carbocycles. The number of rotatable bonds is 6. The lowest BCUT2D eigenvalue weighted by Crippen LogP contribution is -2.47. The first-order valence-electron chi connectivity index (χ1n) is 7.07. The molecule has 0 bridgehead atoms. The fourth-order valence-corrected chi connectivity index (χ4v) is 2.43. The maximum atomic E-state index is 5.47. The van der Waals surface area contributed by atoms with E-state index in [1.807, 2.05) is 6.07 Å². The van der Waals surface area contributed by atoms with Crippen LogP contribution < -0.4 is 16.2 Å². The highest BCUT2D eigenvalue weighted by atomic mass is 16.5. The lowest BCUT2D eigenvalue weighted by Gasteiger charge is -2.35. The van der Waals surface area contributed by atoms with Gasteiger partial charge in [0.1, 0.15) is 18.2 Å². The van der Waals surface area contributed by atoms with Gasteiger partial charge in [-0.3, -0.25) is 4.90 Å². The Kier molecular flexibility index (Phi) is 5.51. The van der Waals surface area contributed by atoms with E-state index in [9.17, 15) is 0 Å². The molecular weight excluding hydrogens is 256 g/mol. The number of hydrogen-bond acceptors (Lipinski definition) is 7. The first-order chi connectivity index (χ1) is 9.76. The van der Waals surface area contributed by atoms with E-state index < -0.39 is 0 Å². The third kappa shape index (κ3) is 3.78. The molecule has 0 atom stereocenters. The molecule has 3 N–H and O–H groups in total. The number of hydrazine groups is 1. The monoisotopic (exact) mass is 280 g/mol. The Morgan fingerprint density at radius 1 is 1.30 bits per heavy atom. The first kappa shape index (κ1) is 15.0. The third-order valence-corrected chi connectivity index (χ3v) is 3.42. The van der Waals surface area contributed by atoms with E-state index in [0.717, 1.165) is 32.0 Å². The Morgan fingerprint density at radius 2 is 2.05 bits per heavy atom. The van der Waals surface area contributed by atoms with Crippen molar-refractivity contribution in [3.63, 3.8) is 0 Å². The van der Waals surface area contributed by atoms with Gasteiger partial charge in [-0.2, -0.15) is 0 Å². The van der Waals surface area contributed by atoms with Crippen molar-refractivity contribution in [3.05, 3.63) is 11.9 Å². The van der Waals surface area contributed by atoms with Crippen molar-refractivity contribution in [2.24, 2.45) is 5.84 Å². The van der Waals surface area contributed by atoms with Gasteiger partial charge in [-0.15, -0.1) is 0 Å². The summed E-state index contributed by atoms with van der Waals surface area (Å²) >= 11 is 0. The largest absolute Gasteiger partial charge is 0.377 e. The first-order valence-corrected chi connectivity index (χ1v) is 7.07. The van der Waals surface area contributed by atoms with Crippen LogP contribution >= 0.6 is 0 Å². The third-order valence-electron chi connectivity index (χ3n) is 3.42. The molecule has 1 aliphatic heterocycles. The molecule has 0 unspecified atom stereocenters. The van der Waals surface area contributed by atoms with Crippen LogP contribution in [-0.4, -0.2) is 54.7 Å². The van der Waals surface area contributed by atoms with Crippen molar-refractivity contribution in [2.45, 2.75) is 20.0 Å². The summed E-state index contributed by atoms with van der Waals surface area (Å²) < 4.78 is 5.10. The Labute approximate surface area is 120 Å². The lowest BCUT2D eigenvalue weighted by atomic mass is 10.3. The Balaban J connectivity index is 2.06. The number of anilines is 2. The van der Waals surface area contributed by atoms with Gasteiger partial charge in [0.25, 0.3) is 0 Å². The van der Waals surface area contributed by atoms with Crippen molar-refractivity contribution in [1.29, 1.82) is 0 Å². The average Bonchev–Trinajstić information content (AvgIpc) is 2.48. The number of piperazine rings is 1. The van der Waals surface area contributed by atoms with Crippen LogP contribution in [0.1, 0.15) is 19.2 Å². The zero-order valence-corrected chi connectivity index (χ0v) is 12.3. The average molecular weight is 280 g/mol. The highest BCUT2D eigenvalue weighted by molar-refractivity contribution is 5.49. The van der Waals surface area contributed by atoms with Crippen molar-refractivity contribution >= 4 is 11.6 Å². The highest BCUT2D eigenvalue weighted by Crippen LogP contribution is 2.17. The molecule has 2 heterocycles. The van der Waals surface area contributed by atoms with Gasteiger partial charge in [0, 0.05) is 39.4 Å². The summed E-state index contributed by atoms with van der Waals surface area (Å²) in [7, 11) is 1.63. The Hall–Kier alpha value is -1.44. The van der Waals surface area contributed by atoms with E-state index in [1.165, 1.54) is 13.0 Å². The lowest BCUT2D eigenvalue weighted by molar-refractivity contribution is 0.178. The van der Waals surface area contributed by atoms with Crippen LogP contribution in [0.15, 0.2) is 6.07 Å². The minimum Gasteiger partial charge on any atom is -0.377 e. The molecule has 1 fully saturated rings. The smallest absolute Gasteiger partial charge is 0.158 e. The van der Waals surface area contributed by atoms with Gasteiger partial charge in [-0.05, 0) is 13.0 Å². The van der Waals surface area contributed by atoms with Gasteiger partial charge in [0.15, 0.2) is 5.82 Å². The maximum Gasteiger partial charge on any atom is 0.158 e. The number of ether oxygens (including phenoxy) is 1. The van der Waals surface area contributed by atoms with E-state index >= 15 is 0 Å². The Bertz CT molecular complexity index is 419. The molecule has 0 radical (unpaired) electrons. The molecule has 7 nitrogen and oxygen atoms in total. The molecule has 2 rings (SSSR count). The van der Waals surface area contributed by atoms with Gasteiger partial charge in [-0.25, -0.2) is 15.8 Å². The normalized spacial score (nSPS) is 16.4. The molecule has 7 heteroatoms. The summed E-state index contributed by atoms with van der Waals surface area (Å²) in [5.41, 5.74) is 2.59. The van der Waals surface area contributed by atoms with Gasteiger partial charge in [0.05, 0.1) is 0 Å². The molecular formula is C13H24N6O. The van der Waals surface area contributed by atoms with Gasteiger partial charge in [-0.1, -0.05) is 6.92 Å². The van der Waals surface area contributed by atoms with Gasteiger partial charge < -0.3 is 15.1 Å². The van der Waals surface area contributed by atoms with E-state index in [4.69, 9.17) is 10.6 Å². The summed E-state index contributed by atoms with van der Waals surface area (Å²) in [4.78, 5) is 13.6. The molecule has 0 saturated carbocycles. The predicted octanol–water partition coefficient (Wildman–Crippen LogP) is 0.441. The SMILES string of the molecule is CCCN1CCN(c2cc(NN)nc(COC)n2)CC1. The number of aromatic nitrogens is 2. The second-order valence-corrected chi connectivity index (χ2v) is 4.93. The van der Waals surface area contributed by atoms with Crippen molar-refractivity contribution < 1.29 is 4.74 Å².